The van der Waals surface area contributed by atoms with Crippen LogP contribution in [0, 0.1) is 6.92 Å². The van der Waals surface area contributed by atoms with Crippen LogP contribution < -0.4 is 10.2 Å². The van der Waals surface area contributed by atoms with Crippen molar-refractivity contribution < 1.29 is 9.15 Å². The molecule has 0 saturated carbocycles. The fourth-order valence-corrected chi connectivity index (χ4v) is 3.94. The quantitative estimate of drug-likeness (QED) is 0.670. The standard InChI is InChI=1S/C23H25NO3/c1-16-21(25)18-11-12-20(26-2)19(15-24-13-7-4-8-14-24)23(18)27-22(16)17-9-5-3-6-10-17/h3,5-6,9-12H,4,7-8,13-15H2,1-2H3. The van der Waals surface area contributed by atoms with Gasteiger partial charge in [0, 0.05) is 17.7 Å². The second kappa shape index (κ2) is 7.57. The highest BCUT2D eigenvalue weighted by Gasteiger charge is 2.20. The largest absolute Gasteiger partial charge is 0.496 e. The molecule has 4 heteroatoms. The summed E-state index contributed by atoms with van der Waals surface area (Å²) in [5.41, 5.74) is 3.20. The van der Waals surface area contributed by atoms with Crippen molar-refractivity contribution in [2.24, 2.45) is 0 Å². The summed E-state index contributed by atoms with van der Waals surface area (Å²) in [5.74, 6) is 1.42. The molecule has 0 amide bonds. The number of fused-ring (bicyclic) bond motifs is 1. The first-order valence-electron chi connectivity index (χ1n) is 9.60. The van der Waals surface area contributed by atoms with Crippen LogP contribution in [0.25, 0.3) is 22.3 Å². The highest BCUT2D eigenvalue weighted by molar-refractivity contribution is 5.85. The number of rotatable bonds is 4. The Morgan fingerprint density at radius 1 is 1.04 bits per heavy atom. The lowest BCUT2D eigenvalue weighted by Crippen LogP contribution is -2.29. The molecule has 0 unspecified atom stereocenters. The highest BCUT2D eigenvalue weighted by Crippen LogP contribution is 2.33. The number of nitrogens with zero attached hydrogens (tertiary/aromatic N) is 1. The number of methoxy groups -OCH3 is 1. The maximum atomic E-state index is 13.1. The third kappa shape index (κ3) is 3.37. The summed E-state index contributed by atoms with van der Waals surface area (Å²) in [4.78, 5) is 15.5. The molecular formula is C23H25NO3. The van der Waals surface area contributed by atoms with Crippen LogP contribution in [-0.4, -0.2) is 25.1 Å². The van der Waals surface area contributed by atoms with E-state index in [1.807, 2.05) is 49.4 Å². The second-order valence-corrected chi connectivity index (χ2v) is 7.21. The van der Waals surface area contributed by atoms with E-state index in [4.69, 9.17) is 9.15 Å². The molecule has 1 saturated heterocycles. The van der Waals surface area contributed by atoms with E-state index in [2.05, 4.69) is 4.90 Å². The molecule has 1 aliphatic rings. The molecule has 4 nitrogen and oxygen atoms in total. The van der Waals surface area contributed by atoms with Crippen molar-refractivity contribution in [1.29, 1.82) is 0 Å². The first-order valence-corrected chi connectivity index (χ1v) is 9.60. The first kappa shape index (κ1) is 17.8. The lowest BCUT2D eigenvalue weighted by Gasteiger charge is -2.27. The molecule has 27 heavy (non-hydrogen) atoms. The van der Waals surface area contributed by atoms with Crippen LogP contribution in [0.1, 0.15) is 30.4 Å². The SMILES string of the molecule is COc1ccc2c(=O)c(C)c(-c3ccccc3)oc2c1CN1CCCCC1. The molecule has 0 bridgehead atoms. The van der Waals surface area contributed by atoms with Gasteiger partial charge in [0.15, 0.2) is 5.43 Å². The maximum absolute atomic E-state index is 13.1. The van der Waals surface area contributed by atoms with E-state index in [-0.39, 0.29) is 5.43 Å². The van der Waals surface area contributed by atoms with Gasteiger partial charge in [-0.25, -0.2) is 0 Å². The lowest BCUT2D eigenvalue weighted by atomic mass is 10.0. The second-order valence-electron chi connectivity index (χ2n) is 7.21. The van der Waals surface area contributed by atoms with E-state index < -0.39 is 0 Å². The summed E-state index contributed by atoms with van der Waals surface area (Å²) in [6.07, 6.45) is 3.71. The number of hydrogen-bond donors (Lipinski definition) is 0. The predicted molar refractivity (Wildman–Crippen MR) is 108 cm³/mol. The maximum Gasteiger partial charge on any atom is 0.196 e. The normalized spacial score (nSPS) is 15.2. The van der Waals surface area contributed by atoms with E-state index >= 15 is 0 Å². The van der Waals surface area contributed by atoms with Gasteiger partial charge in [-0.1, -0.05) is 36.8 Å². The van der Waals surface area contributed by atoms with E-state index in [1.54, 1.807) is 7.11 Å². The average Bonchev–Trinajstić information content (AvgIpc) is 2.72. The van der Waals surface area contributed by atoms with Crippen molar-refractivity contribution in [2.75, 3.05) is 20.2 Å². The van der Waals surface area contributed by atoms with Gasteiger partial charge in [0.25, 0.3) is 0 Å². The molecule has 0 spiro atoms. The van der Waals surface area contributed by atoms with Crippen LogP contribution in [0.5, 0.6) is 5.75 Å². The van der Waals surface area contributed by atoms with Crippen LogP contribution in [0.3, 0.4) is 0 Å². The van der Waals surface area contributed by atoms with Crippen molar-refractivity contribution in [3.63, 3.8) is 0 Å². The minimum absolute atomic E-state index is 0.0256. The van der Waals surface area contributed by atoms with E-state index in [0.29, 0.717) is 22.3 Å². The van der Waals surface area contributed by atoms with E-state index in [0.717, 1.165) is 36.5 Å². The highest BCUT2D eigenvalue weighted by atomic mass is 16.5. The molecular weight excluding hydrogens is 338 g/mol. The fraction of sp³-hybridized carbons (Fsp3) is 0.348. The third-order valence-corrected chi connectivity index (χ3v) is 5.43. The summed E-state index contributed by atoms with van der Waals surface area (Å²) in [6, 6.07) is 13.5. The number of likely N-dealkylation sites (tertiary alicyclic amines) is 1. The molecule has 0 N–H and O–H groups in total. The van der Waals surface area contributed by atoms with Gasteiger partial charge in [0.1, 0.15) is 17.1 Å². The van der Waals surface area contributed by atoms with Gasteiger partial charge in [-0.2, -0.15) is 0 Å². The Labute approximate surface area is 159 Å². The molecule has 3 aromatic rings. The molecule has 140 valence electrons. The Kier molecular flexibility index (Phi) is 4.99. The molecule has 0 aliphatic carbocycles. The smallest absolute Gasteiger partial charge is 0.196 e. The van der Waals surface area contributed by atoms with Crippen LogP contribution in [-0.2, 0) is 6.54 Å². The molecule has 2 heterocycles. The molecule has 2 aromatic carbocycles. The topological polar surface area (TPSA) is 42.7 Å². The van der Waals surface area contributed by atoms with Gasteiger partial charge >= 0.3 is 0 Å². The predicted octanol–water partition coefficient (Wildman–Crippen LogP) is 4.76. The van der Waals surface area contributed by atoms with Gasteiger partial charge < -0.3 is 9.15 Å². The zero-order valence-corrected chi connectivity index (χ0v) is 16.0. The van der Waals surface area contributed by atoms with E-state index in [9.17, 15) is 4.79 Å². The van der Waals surface area contributed by atoms with Crippen LogP contribution in [0.2, 0.25) is 0 Å². The van der Waals surface area contributed by atoms with Crippen LogP contribution >= 0.6 is 0 Å². The molecule has 1 aliphatic heterocycles. The van der Waals surface area contributed by atoms with E-state index in [1.165, 1.54) is 19.3 Å². The first-order chi connectivity index (χ1) is 13.2. The summed E-state index contributed by atoms with van der Waals surface area (Å²) in [7, 11) is 1.67. The summed E-state index contributed by atoms with van der Waals surface area (Å²) in [5, 5.41) is 0.625. The van der Waals surface area contributed by atoms with Crippen LogP contribution in [0.4, 0.5) is 0 Å². The zero-order valence-electron chi connectivity index (χ0n) is 16.0. The Bertz CT molecular complexity index is 1000. The minimum Gasteiger partial charge on any atom is -0.496 e. The van der Waals surface area contributed by atoms with Gasteiger partial charge in [0.2, 0.25) is 0 Å². The Morgan fingerprint density at radius 2 is 1.78 bits per heavy atom. The number of piperidine rings is 1. The fourth-order valence-electron chi connectivity index (χ4n) is 3.94. The zero-order chi connectivity index (χ0) is 18.8. The van der Waals surface area contributed by atoms with Crippen molar-refractivity contribution in [2.45, 2.75) is 32.7 Å². The van der Waals surface area contributed by atoms with Gasteiger partial charge in [-0.05, 0) is 45.0 Å². The van der Waals surface area contributed by atoms with Crippen LogP contribution in [0.15, 0.2) is 51.7 Å². The summed E-state index contributed by atoms with van der Waals surface area (Å²) < 4.78 is 12.0. The van der Waals surface area contributed by atoms with Crippen molar-refractivity contribution in [3.8, 4) is 17.1 Å². The number of hydrogen-bond acceptors (Lipinski definition) is 4. The van der Waals surface area contributed by atoms with Crippen molar-refractivity contribution in [1.82, 2.24) is 4.90 Å². The Morgan fingerprint density at radius 3 is 2.48 bits per heavy atom. The summed E-state index contributed by atoms with van der Waals surface area (Å²) >= 11 is 0. The minimum atomic E-state index is 0.0256. The molecule has 1 aromatic heterocycles. The average molecular weight is 363 g/mol. The Balaban J connectivity index is 1.92. The third-order valence-electron chi connectivity index (χ3n) is 5.43. The van der Waals surface area contributed by atoms with Gasteiger partial charge in [-0.15, -0.1) is 0 Å². The molecule has 4 rings (SSSR count). The molecule has 0 radical (unpaired) electrons. The number of ether oxygens (including phenoxy) is 1. The van der Waals surface area contributed by atoms with Gasteiger partial charge in [0.05, 0.1) is 18.1 Å². The molecule has 1 fully saturated rings. The summed E-state index contributed by atoms with van der Waals surface area (Å²) in [6.45, 7) is 4.71. The Hall–Kier alpha value is -2.59. The van der Waals surface area contributed by atoms with Crippen molar-refractivity contribution >= 4 is 11.0 Å². The molecule has 0 atom stereocenters. The number of benzene rings is 2. The van der Waals surface area contributed by atoms with Crippen molar-refractivity contribution in [3.05, 3.63) is 63.8 Å². The van der Waals surface area contributed by atoms with Gasteiger partial charge in [-0.3, -0.25) is 9.69 Å². The lowest BCUT2D eigenvalue weighted by molar-refractivity contribution is 0.218. The monoisotopic (exact) mass is 363 g/mol.